The molecule has 1 aromatic carbocycles. The summed E-state index contributed by atoms with van der Waals surface area (Å²) in [5, 5.41) is 4.01. The van der Waals surface area contributed by atoms with Gasteiger partial charge >= 0.3 is 0 Å². The molecule has 0 saturated carbocycles. The highest BCUT2D eigenvalue weighted by atomic mass is 35.5. The summed E-state index contributed by atoms with van der Waals surface area (Å²) in [5.41, 5.74) is 2.61. The summed E-state index contributed by atoms with van der Waals surface area (Å²) >= 11 is 7.20. The van der Waals surface area contributed by atoms with Crippen molar-refractivity contribution in [2.75, 3.05) is 26.2 Å². The Morgan fingerprint density at radius 2 is 1.92 bits per heavy atom. The number of piperazine rings is 1. The van der Waals surface area contributed by atoms with E-state index in [2.05, 4.69) is 14.5 Å². The molecule has 130 valence electrons. The predicted molar refractivity (Wildman–Crippen MR) is 94.9 cm³/mol. The Hall–Kier alpha value is -1.06. The molecule has 0 radical (unpaired) electrons. The lowest BCUT2D eigenvalue weighted by Crippen LogP contribution is -2.48. The molecule has 1 aromatic heterocycles. The Morgan fingerprint density at radius 3 is 2.50 bits per heavy atom. The fourth-order valence-electron chi connectivity index (χ4n) is 2.86. The van der Waals surface area contributed by atoms with Crippen LogP contribution >= 0.6 is 23.1 Å². The normalized spacial score (nSPS) is 17.3. The molecule has 1 aliphatic heterocycles. The molecule has 0 atom stereocenters. The molecule has 2 aromatic rings. The van der Waals surface area contributed by atoms with Crippen LogP contribution in [-0.2, 0) is 16.6 Å². The fourth-order valence-corrected chi connectivity index (χ4v) is 5.10. The van der Waals surface area contributed by atoms with Crippen LogP contribution in [0.4, 0.5) is 0 Å². The highest BCUT2D eigenvalue weighted by Crippen LogP contribution is 2.23. The molecule has 9 heteroatoms. The molecule has 0 spiro atoms. The lowest BCUT2D eigenvalue weighted by Gasteiger charge is -2.33. The minimum Gasteiger partial charge on any atom is -0.295 e. The summed E-state index contributed by atoms with van der Waals surface area (Å²) in [6.07, 6.45) is 0. The molecule has 0 amide bonds. The van der Waals surface area contributed by atoms with E-state index in [1.165, 1.54) is 11.5 Å². The van der Waals surface area contributed by atoms with Crippen molar-refractivity contribution < 1.29 is 8.42 Å². The number of benzene rings is 1. The molecule has 3 rings (SSSR count). The molecule has 1 aliphatic rings. The maximum Gasteiger partial charge on any atom is 0.243 e. The Kier molecular flexibility index (Phi) is 5.22. The first kappa shape index (κ1) is 17.8. The molecule has 1 saturated heterocycles. The second kappa shape index (κ2) is 7.05. The van der Waals surface area contributed by atoms with Gasteiger partial charge in [0.05, 0.1) is 4.90 Å². The van der Waals surface area contributed by atoms with Crippen LogP contribution in [0.25, 0.3) is 0 Å². The Bertz CT molecular complexity index is 830. The van der Waals surface area contributed by atoms with Crippen molar-refractivity contribution in [3.05, 3.63) is 39.4 Å². The van der Waals surface area contributed by atoms with Gasteiger partial charge in [-0.1, -0.05) is 33.8 Å². The average molecular weight is 387 g/mol. The summed E-state index contributed by atoms with van der Waals surface area (Å²) in [5.74, 6) is 0. The molecule has 0 N–H and O–H groups in total. The zero-order valence-corrected chi connectivity index (χ0v) is 16.0. The van der Waals surface area contributed by atoms with E-state index in [4.69, 9.17) is 11.6 Å². The highest BCUT2D eigenvalue weighted by Gasteiger charge is 2.29. The van der Waals surface area contributed by atoms with Gasteiger partial charge in [-0.2, -0.15) is 4.31 Å². The second-order valence-electron chi connectivity index (χ2n) is 5.94. The number of aromatic nitrogens is 2. The van der Waals surface area contributed by atoms with Gasteiger partial charge in [0.2, 0.25) is 10.0 Å². The highest BCUT2D eigenvalue weighted by molar-refractivity contribution is 7.89. The van der Waals surface area contributed by atoms with Gasteiger partial charge < -0.3 is 0 Å². The number of hydrogen-bond donors (Lipinski definition) is 0. The molecular formula is C15H19ClN4O2S2. The summed E-state index contributed by atoms with van der Waals surface area (Å²) in [6, 6.07) is 5.45. The zero-order valence-electron chi connectivity index (χ0n) is 13.6. The van der Waals surface area contributed by atoms with Crippen molar-refractivity contribution >= 4 is 33.2 Å². The van der Waals surface area contributed by atoms with Crippen molar-refractivity contribution in [2.24, 2.45) is 0 Å². The van der Waals surface area contributed by atoms with E-state index in [-0.39, 0.29) is 0 Å². The van der Waals surface area contributed by atoms with Gasteiger partial charge in [-0.3, -0.25) is 4.90 Å². The van der Waals surface area contributed by atoms with Crippen LogP contribution in [0, 0.1) is 13.8 Å². The third-order valence-electron chi connectivity index (χ3n) is 4.16. The van der Waals surface area contributed by atoms with E-state index in [1.54, 1.807) is 10.4 Å². The summed E-state index contributed by atoms with van der Waals surface area (Å²) in [7, 11) is -3.45. The maximum absolute atomic E-state index is 12.9. The fraction of sp³-hybridized carbons (Fsp3) is 0.467. The first-order valence-corrected chi connectivity index (χ1v) is 10.2. The van der Waals surface area contributed by atoms with Crippen LogP contribution in [0.1, 0.15) is 16.8 Å². The molecular weight excluding hydrogens is 368 g/mol. The standard InChI is InChI=1S/C15H19ClN4O2S2/c1-11-3-4-14(12(2)9-11)24(21,22)20-7-5-19(6-8-20)10-13-15(16)23-18-17-13/h3-4,9H,5-8,10H2,1-2H3. The molecule has 0 bridgehead atoms. The quantitative estimate of drug-likeness (QED) is 0.806. The maximum atomic E-state index is 12.9. The average Bonchev–Trinajstić information content (AvgIpc) is 2.92. The number of sulfonamides is 1. The lowest BCUT2D eigenvalue weighted by molar-refractivity contribution is 0.180. The Labute approximate surface area is 151 Å². The van der Waals surface area contributed by atoms with Crippen molar-refractivity contribution in [1.82, 2.24) is 18.8 Å². The third kappa shape index (κ3) is 3.62. The van der Waals surface area contributed by atoms with Gasteiger partial charge in [0.1, 0.15) is 10.0 Å². The van der Waals surface area contributed by atoms with Crippen molar-refractivity contribution in [2.45, 2.75) is 25.3 Å². The van der Waals surface area contributed by atoms with E-state index in [9.17, 15) is 8.42 Å². The van der Waals surface area contributed by atoms with Crippen LogP contribution < -0.4 is 0 Å². The van der Waals surface area contributed by atoms with Crippen LogP contribution in [0.3, 0.4) is 0 Å². The topological polar surface area (TPSA) is 66.4 Å². The van der Waals surface area contributed by atoms with Gasteiger partial charge in [0, 0.05) is 44.3 Å². The Balaban J connectivity index is 1.68. The second-order valence-corrected chi connectivity index (χ2v) is 9.21. The third-order valence-corrected chi connectivity index (χ3v) is 7.21. The van der Waals surface area contributed by atoms with E-state index in [1.807, 2.05) is 26.0 Å². The number of aryl methyl sites for hydroxylation is 2. The van der Waals surface area contributed by atoms with Gasteiger partial charge in [-0.25, -0.2) is 8.42 Å². The first-order valence-electron chi connectivity index (χ1n) is 7.64. The minimum atomic E-state index is -3.45. The van der Waals surface area contributed by atoms with Crippen molar-refractivity contribution in [3.8, 4) is 0 Å². The number of hydrogen-bond acceptors (Lipinski definition) is 6. The predicted octanol–water partition coefficient (Wildman–Crippen LogP) is 2.31. The van der Waals surface area contributed by atoms with E-state index in [0.717, 1.165) is 16.8 Å². The van der Waals surface area contributed by atoms with E-state index < -0.39 is 10.0 Å². The smallest absolute Gasteiger partial charge is 0.243 e. The van der Waals surface area contributed by atoms with E-state index in [0.29, 0.717) is 42.0 Å². The molecule has 0 unspecified atom stereocenters. The largest absolute Gasteiger partial charge is 0.295 e. The summed E-state index contributed by atoms with van der Waals surface area (Å²) in [6.45, 7) is 6.63. The van der Waals surface area contributed by atoms with Crippen LogP contribution in [-0.4, -0.2) is 53.4 Å². The summed E-state index contributed by atoms with van der Waals surface area (Å²) < 4.78 is 31.7. The van der Waals surface area contributed by atoms with Crippen molar-refractivity contribution in [3.63, 3.8) is 0 Å². The minimum absolute atomic E-state index is 0.397. The Morgan fingerprint density at radius 1 is 1.21 bits per heavy atom. The molecule has 6 nitrogen and oxygen atoms in total. The number of nitrogens with zero attached hydrogens (tertiary/aromatic N) is 4. The molecule has 0 aliphatic carbocycles. The molecule has 24 heavy (non-hydrogen) atoms. The number of rotatable bonds is 4. The van der Waals surface area contributed by atoms with Crippen LogP contribution in [0.5, 0.6) is 0 Å². The van der Waals surface area contributed by atoms with Gasteiger partial charge in [-0.15, -0.1) is 5.10 Å². The summed E-state index contributed by atoms with van der Waals surface area (Å²) in [4.78, 5) is 2.55. The van der Waals surface area contributed by atoms with Crippen LogP contribution in [0.2, 0.25) is 4.34 Å². The SMILES string of the molecule is Cc1ccc(S(=O)(=O)N2CCN(Cc3nnsc3Cl)CC2)c(C)c1. The molecule has 1 fully saturated rings. The van der Waals surface area contributed by atoms with Crippen molar-refractivity contribution in [1.29, 1.82) is 0 Å². The van der Waals surface area contributed by atoms with Gasteiger partial charge in [0.25, 0.3) is 0 Å². The monoisotopic (exact) mass is 386 g/mol. The van der Waals surface area contributed by atoms with E-state index >= 15 is 0 Å². The van der Waals surface area contributed by atoms with Gasteiger partial charge in [-0.05, 0) is 25.5 Å². The lowest BCUT2D eigenvalue weighted by atomic mass is 10.2. The molecule has 2 heterocycles. The van der Waals surface area contributed by atoms with Gasteiger partial charge in [0.15, 0.2) is 0 Å². The number of halogens is 1. The first-order chi connectivity index (χ1) is 11.4. The van der Waals surface area contributed by atoms with Crippen LogP contribution in [0.15, 0.2) is 23.1 Å². The zero-order chi connectivity index (χ0) is 17.3.